The molecule has 0 saturated heterocycles. The summed E-state index contributed by atoms with van der Waals surface area (Å²) in [6.07, 6.45) is 2.27. The number of benzene rings is 1. The fraction of sp³-hybridized carbons (Fsp3) is 0.412. The topological polar surface area (TPSA) is 46.9 Å². The molecule has 4 nitrogen and oxygen atoms in total. The molecule has 0 saturated carbocycles. The summed E-state index contributed by atoms with van der Waals surface area (Å²) in [4.78, 5) is 16.6. The Morgan fingerprint density at radius 3 is 2.68 bits per heavy atom. The minimum Gasteiger partial charge on any atom is -0.325 e. The fourth-order valence-corrected chi connectivity index (χ4v) is 3.08. The molecule has 0 radical (unpaired) electrons. The summed E-state index contributed by atoms with van der Waals surface area (Å²) in [5.41, 5.74) is 3.07. The molecule has 0 atom stereocenters. The maximum absolute atomic E-state index is 12.0. The summed E-state index contributed by atoms with van der Waals surface area (Å²) in [6.45, 7) is 7.25. The van der Waals surface area contributed by atoms with Crippen LogP contribution in [0.1, 0.15) is 31.2 Å². The lowest BCUT2D eigenvalue weighted by Gasteiger charge is -2.09. The van der Waals surface area contributed by atoms with Gasteiger partial charge in [-0.3, -0.25) is 4.79 Å². The number of amides is 1. The van der Waals surface area contributed by atoms with Gasteiger partial charge in [-0.05, 0) is 32.4 Å². The van der Waals surface area contributed by atoms with Crippen molar-refractivity contribution in [1.82, 2.24) is 9.55 Å². The molecule has 118 valence electrons. The van der Waals surface area contributed by atoms with Crippen molar-refractivity contribution in [3.63, 3.8) is 0 Å². The zero-order chi connectivity index (χ0) is 15.9. The van der Waals surface area contributed by atoms with E-state index in [9.17, 15) is 4.79 Å². The van der Waals surface area contributed by atoms with Crippen molar-refractivity contribution in [3.8, 4) is 0 Å². The largest absolute Gasteiger partial charge is 0.325 e. The Bertz CT molecular complexity index is 622. The molecule has 2 rings (SSSR count). The predicted molar refractivity (Wildman–Crippen MR) is 92.4 cm³/mol. The van der Waals surface area contributed by atoms with Gasteiger partial charge < -0.3 is 9.88 Å². The van der Waals surface area contributed by atoms with Gasteiger partial charge in [0, 0.05) is 17.9 Å². The molecule has 1 N–H and O–H groups in total. The number of carbonyl (C=O) groups excluding carboxylic acids is 1. The van der Waals surface area contributed by atoms with E-state index in [1.807, 2.05) is 37.3 Å². The van der Waals surface area contributed by atoms with Crippen LogP contribution in [0.5, 0.6) is 0 Å². The van der Waals surface area contributed by atoms with E-state index < -0.39 is 0 Å². The first kappa shape index (κ1) is 16.6. The minimum atomic E-state index is -0.00320. The van der Waals surface area contributed by atoms with Crippen molar-refractivity contribution in [2.75, 3.05) is 11.1 Å². The van der Waals surface area contributed by atoms with Crippen LogP contribution in [0.15, 0.2) is 35.5 Å². The van der Waals surface area contributed by atoms with Gasteiger partial charge in [0.05, 0.1) is 11.4 Å². The second kappa shape index (κ2) is 8.03. The first-order chi connectivity index (χ1) is 10.6. The van der Waals surface area contributed by atoms with E-state index in [-0.39, 0.29) is 5.91 Å². The highest BCUT2D eigenvalue weighted by atomic mass is 32.2. The number of thioether (sulfide) groups is 1. The smallest absolute Gasteiger partial charge is 0.234 e. The molecule has 2 aromatic rings. The van der Waals surface area contributed by atoms with Crippen LogP contribution in [0.3, 0.4) is 0 Å². The van der Waals surface area contributed by atoms with Crippen LogP contribution in [0, 0.1) is 13.8 Å². The van der Waals surface area contributed by atoms with Gasteiger partial charge in [-0.25, -0.2) is 4.98 Å². The van der Waals surface area contributed by atoms with Crippen molar-refractivity contribution in [3.05, 3.63) is 41.7 Å². The van der Waals surface area contributed by atoms with Crippen molar-refractivity contribution in [1.29, 1.82) is 0 Å². The number of nitrogens with zero attached hydrogens (tertiary/aromatic N) is 2. The van der Waals surface area contributed by atoms with Gasteiger partial charge in [0.1, 0.15) is 0 Å². The second-order valence-electron chi connectivity index (χ2n) is 5.27. The molecule has 0 spiro atoms. The van der Waals surface area contributed by atoms with Gasteiger partial charge in [0.15, 0.2) is 5.16 Å². The number of unbranched alkanes of at least 4 members (excludes halogenated alkanes) is 1. The average molecular weight is 317 g/mol. The lowest BCUT2D eigenvalue weighted by molar-refractivity contribution is -0.113. The summed E-state index contributed by atoms with van der Waals surface area (Å²) in [5, 5.41) is 3.84. The van der Waals surface area contributed by atoms with E-state index in [0.29, 0.717) is 5.75 Å². The van der Waals surface area contributed by atoms with Gasteiger partial charge >= 0.3 is 0 Å². The maximum Gasteiger partial charge on any atom is 0.234 e. The highest BCUT2D eigenvalue weighted by Crippen LogP contribution is 2.22. The van der Waals surface area contributed by atoms with Crippen LogP contribution in [-0.2, 0) is 11.3 Å². The van der Waals surface area contributed by atoms with Gasteiger partial charge in [0.2, 0.25) is 5.91 Å². The number of hydrogen-bond donors (Lipinski definition) is 1. The Labute approximate surface area is 136 Å². The van der Waals surface area contributed by atoms with Gasteiger partial charge in [-0.1, -0.05) is 43.3 Å². The molecular weight excluding hydrogens is 294 g/mol. The van der Waals surface area contributed by atoms with E-state index in [1.54, 1.807) is 0 Å². The minimum absolute atomic E-state index is 0.00320. The number of imidazole rings is 1. The van der Waals surface area contributed by atoms with Crippen molar-refractivity contribution in [2.24, 2.45) is 0 Å². The summed E-state index contributed by atoms with van der Waals surface area (Å²) in [6, 6.07) is 9.53. The molecule has 22 heavy (non-hydrogen) atoms. The Balaban J connectivity index is 1.96. The van der Waals surface area contributed by atoms with Crippen molar-refractivity contribution in [2.45, 2.75) is 45.3 Å². The second-order valence-corrected chi connectivity index (χ2v) is 6.22. The van der Waals surface area contributed by atoms with Gasteiger partial charge in [-0.2, -0.15) is 0 Å². The highest BCUT2D eigenvalue weighted by molar-refractivity contribution is 7.99. The summed E-state index contributed by atoms with van der Waals surface area (Å²) >= 11 is 1.50. The van der Waals surface area contributed by atoms with Crippen LogP contribution >= 0.6 is 11.8 Å². The lowest BCUT2D eigenvalue weighted by atomic mass is 10.3. The number of rotatable bonds is 7. The monoisotopic (exact) mass is 317 g/mol. The van der Waals surface area contributed by atoms with Crippen LogP contribution in [0.2, 0.25) is 0 Å². The number of nitrogens with one attached hydrogen (secondary N) is 1. The molecule has 0 bridgehead atoms. The fourth-order valence-electron chi connectivity index (χ4n) is 2.16. The van der Waals surface area contributed by atoms with Crippen molar-refractivity contribution < 1.29 is 4.79 Å². The number of aryl methyl sites for hydroxylation is 1. The Hall–Kier alpha value is -1.75. The molecule has 5 heteroatoms. The molecule has 1 aromatic heterocycles. The molecular formula is C17H23N3OS. The van der Waals surface area contributed by atoms with Crippen molar-refractivity contribution >= 4 is 23.4 Å². The number of aromatic nitrogens is 2. The molecule has 0 aliphatic rings. The first-order valence-electron chi connectivity index (χ1n) is 7.63. The van der Waals surface area contributed by atoms with E-state index in [4.69, 9.17) is 0 Å². The molecule has 0 fully saturated rings. The number of anilines is 1. The molecule has 0 aliphatic heterocycles. The van der Waals surface area contributed by atoms with E-state index in [2.05, 4.69) is 28.7 Å². The Kier molecular flexibility index (Phi) is 6.07. The predicted octanol–water partition coefficient (Wildman–Crippen LogP) is 4.03. The summed E-state index contributed by atoms with van der Waals surface area (Å²) in [7, 11) is 0. The SMILES string of the molecule is CCCCn1c(SCC(=O)Nc2ccccc2)nc(C)c1C. The number of hydrogen-bond acceptors (Lipinski definition) is 3. The van der Waals surface area contributed by atoms with E-state index >= 15 is 0 Å². The Morgan fingerprint density at radius 2 is 2.00 bits per heavy atom. The third kappa shape index (κ3) is 4.37. The van der Waals surface area contributed by atoms with Crippen LogP contribution in [-0.4, -0.2) is 21.2 Å². The normalized spacial score (nSPS) is 10.7. The molecule has 0 aliphatic carbocycles. The third-order valence-corrected chi connectivity index (χ3v) is 4.52. The number of carbonyl (C=O) groups is 1. The molecule has 1 aromatic carbocycles. The van der Waals surface area contributed by atoms with Gasteiger partial charge in [0.25, 0.3) is 0 Å². The Morgan fingerprint density at radius 1 is 1.27 bits per heavy atom. The summed E-state index contributed by atoms with van der Waals surface area (Å²) < 4.78 is 2.22. The quantitative estimate of drug-likeness (QED) is 0.784. The zero-order valence-corrected chi connectivity index (χ0v) is 14.2. The molecule has 0 unspecified atom stereocenters. The molecule has 1 heterocycles. The highest BCUT2D eigenvalue weighted by Gasteiger charge is 2.13. The third-order valence-electron chi connectivity index (χ3n) is 3.55. The standard InChI is InChI=1S/C17H23N3OS/c1-4-5-11-20-14(3)13(2)18-17(20)22-12-16(21)19-15-9-7-6-8-10-15/h6-10H,4-5,11-12H2,1-3H3,(H,19,21). The average Bonchev–Trinajstić information content (AvgIpc) is 2.79. The van der Waals surface area contributed by atoms with E-state index in [1.165, 1.54) is 17.5 Å². The maximum atomic E-state index is 12.0. The first-order valence-corrected chi connectivity index (χ1v) is 8.61. The van der Waals surface area contributed by atoms with Gasteiger partial charge in [-0.15, -0.1) is 0 Å². The van der Waals surface area contributed by atoms with Crippen LogP contribution in [0.4, 0.5) is 5.69 Å². The van der Waals surface area contributed by atoms with Crippen LogP contribution in [0.25, 0.3) is 0 Å². The number of para-hydroxylation sites is 1. The lowest BCUT2D eigenvalue weighted by Crippen LogP contribution is -2.14. The van der Waals surface area contributed by atoms with Crippen LogP contribution < -0.4 is 5.32 Å². The zero-order valence-electron chi connectivity index (χ0n) is 13.4. The summed E-state index contributed by atoms with van der Waals surface area (Å²) in [5.74, 6) is 0.369. The molecule has 1 amide bonds. The van der Waals surface area contributed by atoms with E-state index in [0.717, 1.165) is 35.9 Å².